The molecule has 2 unspecified atom stereocenters. The van der Waals surface area contributed by atoms with E-state index in [1.807, 2.05) is 0 Å². The molecule has 1 spiro atoms. The zero-order valence-corrected chi connectivity index (χ0v) is 19.8. The first-order chi connectivity index (χ1) is 16.4. The Hall–Kier alpha value is -3.72. The molecule has 2 heterocycles. The number of pyridine rings is 1. The maximum atomic E-state index is 13.8. The van der Waals surface area contributed by atoms with Gasteiger partial charge in [-0.3, -0.25) is 14.7 Å². The second-order valence-corrected chi connectivity index (χ2v) is 10.4. The van der Waals surface area contributed by atoms with Gasteiger partial charge in [-0.1, -0.05) is 18.1 Å². The van der Waals surface area contributed by atoms with E-state index < -0.39 is 53.9 Å². The number of hydrogen-bond donors (Lipinski definition) is 1. The molecule has 2 amide bonds. The fraction of sp³-hybridized carbons (Fsp3) is 0.462. The summed E-state index contributed by atoms with van der Waals surface area (Å²) in [5.41, 5.74) is -0.727. The summed E-state index contributed by atoms with van der Waals surface area (Å²) >= 11 is 0. The van der Waals surface area contributed by atoms with E-state index in [1.165, 1.54) is 11.1 Å². The van der Waals surface area contributed by atoms with Crippen molar-refractivity contribution >= 4 is 22.8 Å². The quantitative estimate of drug-likeness (QED) is 0.660. The van der Waals surface area contributed by atoms with E-state index in [4.69, 9.17) is 11.2 Å². The van der Waals surface area contributed by atoms with Crippen LogP contribution in [-0.2, 0) is 9.53 Å². The summed E-state index contributed by atoms with van der Waals surface area (Å²) in [6.45, 7) is 5.05. The Labute approximate surface area is 202 Å². The summed E-state index contributed by atoms with van der Waals surface area (Å²) in [7, 11) is 0. The number of nitriles is 1. The number of rotatable bonds is 3. The van der Waals surface area contributed by atoms with Gasteiger partial charge in [-0.05, 0) is 33.3 Å². The molecular formula is C26H26F2N4O3. The van der Waals surface area contributed by atoms with Gasteiger partial charge in [0, 0.05) is 59.1 Å². The van der Waals surface area contributed by atoms with Crippen molar-refractivity contribution in [2.75, 3.05) is 6.54 Å². The van der Waals surface area contributed by atoms with Crippen molar-refractivity contribution in [3.63, 3.8) is 0 Å². The van der Waals surface area contributed by atoms with Crippen molar-refractivity contribution in [1.29, 1.82) is 5.26 Å². The van der Waals surface area contributed by atoms with Crippen LogP contribution in [0.25, 0.3) is 10.8 Å². The Morgan fingerprint density at radius 2 is 2.03 bits per heavy atom. The molecule has 1 aromatic carbocycles. The Morgan fingerprint density at radius 1 is 1.31 bits per heavy atom. The van der Waals surface area contributed by atoms with E-state index >= 15 is 0 Å². The second-order valence-electron chi connectivity index (χ2n) is 10.4. The smallest absolute Gasteiger partial charge is 0.410 e. The molecule has 2 atom stereocenters. The minimum atomic E-state index is -2.82. The monoisotopic (exact) mass is 480 g/mol. The van der Waals surface area contributed by atoms with E-state index in [0.717, 1.165) is 0 Å². The van der Waals surface area contributed by atoms with E-state index in [9.17, 15) is 23.6 Å². The lowest BCUT2D eigenvalue weighted by Crippen LogP contribution is -2.49. The molecule has 0 bridgehead atoms. The number of likely N-dealkylation sites (tertiary alicyclic amines) is 1. The molecule has 1 aromatic heterocycles. The van der Waals surface area contributed by atoms with Crippen LogP contribution in [0.15, 0.2) is 30.6 Å². The maximum Gasteiger partial charge on any atom is 0.410 e. The maximum absolute atomic E-state index is 13.8. The van der Waals surface area contributed by atoms with Gasteiger partial charge in [0.05, 0.1) is 6.07 Å². The number of terminal acetylenes is 1. The molecule has 2 aromatic rings. The summed E-state index contributed by atoms with van der Waals surface area (Å²) in [5, 5.41) is 13.9. The highest BCUT2D eigenvalue weighted by atomic mass is 19.3. The number of fused-ring (bicyclic) bond motifs is 1. The van der Waals surface area contributed by atoms with Crippen molar-refractivity contribution in [3.05, 3.63) is 41.7 Å². The fourth-order valence-electron chi connectivity index (χ4n) is 5.12. The highest BCUT2D eigenvalue weighted by Crippen LogP contribution is 2.58. The third-order valence-electron chi connectivity index (χ3n) is 6.40. The first kappa shape index (κ1) is 24.4. The number of ether oxygens (including phenoxy) is 1. The third kappa shape index (κ3) is 4.77. The van der Waals surface area contributed by atoms with Crippen LogP contribution in [-0.4, -0.2) is 46.0 Å². The molecule has 1 saturated heterocycles. The van der Waals surface area contributed by atoms with Crippen molar-refractivity contribution < 1.29 is 23.1 Å². The van der Waals surface area contributed by atoms with Gasteiger partial charge in [0.1, 0.15) is 17.7 Å². The second kappa shape index (κ2) is 8.49. The standard InChI is InChI=1S/C26H26F2N4O3/c1-5-16-7-6-8-17-11-30-12-18(21(16)17)19(10-29)31-22(33)20-9-25(13-26(27,28)14-25)15-32(20)23(34)35-24(2,3)4/h1,6-8,11-12,19-20H,9,13-15H2,2-4H3,(H,31,33). The lowest BCUT2D eigenvalue weighted by Gasteiger charge is -2.44. The first-order valence-corrected chi connectivity index (χ1v) is 11.3. The van der Waals surface area contributed by atoms with E-state index in [2.05, 4.69) is 22.3 Å². The average molecular weight is 481 g/mol. The molecular weight excluding hydrogens is 454 g/mol. The van der Waals surface area contributed by atoms with Crippen molar-refractivity contribution in [1.82, 2.24) is 15.2 Å². The molecule has 7 nitrogen and oxygen atoms in total. The molecule has 1 saturated carbocycles. The van der Waals surface area contributed by atoms with Gasteiger partial charge in [-0.25, -0.2) is 13.6 Å². The lowest BCUT2D eigenvalue weighted by atomic mass is 9.65. The van der Waals surface area contributed by atoms with Gasteiger partial charge in [0.25, 0.3) is 0 Å². The molecule has 9 heteroatoms. The van der Waals surface area contributed by atoms with E-state index in [1.54, 1.807) is 45.2 Å². The highest BCUT2D eigenvalue weighted by Gasteiger charge is 2.63. The fourth-order valence-corrected chi connectivity index (χ4v) is 5.12. The minimum absolute atomic E-state index is 0.0100. The highest BCUT2D eigenvalue weighted by molar-refractivity contribution is 5.92. The van der Waals surface area contributed by atoms with Gasteiger partial charge >= 0.3 is 6.09 Å². The molecule has 2 fully saturated rings. The third-order valence-corrected chi connectivity index (χ3v) is 6.40. The average Bonchev–Trinajstić information content (AvgIpc) is 3.14. The first-order valence-electron chi connectivity index (χ1n) is 11.3. The van der Waals surface area contributed by atoms with Crippen LogP contribution in [0.3, 0.4) is 0 Å². The summed E-state index contributed by atoms with van der Waals surface area (Å²) < 4.78 is 33.0. The Morgan fingerprint density at radius 3 is 2.63 bits per heavy atom. The van der Waals surface area contributed by atoms with Gasteiger partial charge in [0.15, 0.2) is 0 Å². The van der Waals surface area contributed by atoms with Gasteiger partial charge in [0.2, 0.25) is 11.8 Å². The number of nitrogens with zero attached hydrogens (tertiary/aromatic N) is 3. The molecule has 35 heavy (non-hydrogen) atoms. The summed E-state index contributed by atoms with van der Waals surface area (Å²) in [5.74, 6) is -0.855. The SMILES string of the molecule is C#Cc1cccc2cncc(C(C#N)NC(=O)C3CC4(CN3C(=O)OC(C)(C)C)CC(F)(F)C4)c12. The lowest BCUT2D eigenvalue weighted by molar-refractivity contribution is -0.156. The Bertz CT molecular complexity index is 1260. The molecule has 2 aliphatic rings. The van der Waals surface area contributed by atoms with Crippen LogP contribution >= 0.6 is 0 Å². The number of hydrogen-bond acceptors (Lipinski definition) is 5. The van der Waals surface area contributed by atoms with Crippen LogP contribution < -0.4 is 5.32 Å². The molecule has 0 radical (unpaired) electrons. The van der Waals surface area contributed by atoms with Gasteiger partial charge in [-0.15, -0.1) is 6.42 Å². The summed E-state index contributed by atoms with van der Waals surface area (Å²) in [6.07, 6.45) is 7.23. The predicted molar refractivity (Wildman–Crippen MR) is 124 cm³/mol. The number of nitrogens with one attached hydrogen (secondary N) is 1. The predicted octanol–water partition coefficient (Wildman–Crippen LogP) is 4.32. The van der Waals surface area contributed by atoms with Crippen LogP contribution in [0.1, 0.15) is 57.2 Å². The van der Waals surface area contributed by atoms with Gasteiger partial charge < -0.3 is 10.1 Å². The normalized spacial score (nSPS) is 21.0. The Balaban J connectivity index is 1.63. The number of carbonyl (C=O) groups is 2. The molecule has 182 valence electrons. The molecule has 1 aliphatic heterocycles. The molecule has 4 rings (SSSR count). The van der Waals surface area contributed by atoms with Crippen LogP contribution in [0.5, 0.6) is 0 Å². The number of carbonyl (C=O) groups excluding carboxylic acids is 2. The number of alkyl halides is 2. The molecule has 1 N–H and O–H groups in total. The zero-order chi connectivity index (χ0) is 25.6. The topological polar surface area (TPSA) is 95.3 Å². The van der Waals surface area contributed by atoms with Crippen molar-refractivity contribution in [2.45, 2.75) is 63.6 Å². The van der Waals surface area contributed by atoms with E-state index in [-0.39, 0.29) is 13.0 Å². The summed E-state index contributed by atoms with van der Waals surface area (Å²) in [6, 6.07) is 5.19. The zero-order valence-electron chi connectivity index (χ0n) is 19.8. The number of aromatic nitrogens is 1. The Kier molecular flexibility index (Phi) is 5.92. The number of benzene rings is 1. The van der Waals surface area contributed by atoms with Crippen molar-refractivity contribution in [3.8, 4) is 18.4 Å². The largest absolute Gasteiger partial charge is 0.444 e. The van der Waals surface area contributed by atoms with Gasteiger partial charge in [-0.2, -0.15) is 5.26 Å². The van der Waals surface area contributed by atoms with Crippen LogP contribution in [0.2, 0.25) is 0 Å². The number of amides is 2. The number of halogens is 2. The van der Waals surface area contributed by atoms with Crippen molar-refractivity contribution in [2.24, 2.45) is 5.41 Å². The minimum Gasteiger partial charge on any atom is -0.444 e. The summed E-state index contributed by atoms with van der Waals surface area (Å²) in [4.78, 5) is 31.7. The van der Waals surface area contributed by atoms with Crippen LogP contribution in [0.4, 0.5) is 13.6 Å². The van der Waals surface area contributed by atoms with E-state index in [0.29, 0.717) is 21.9 Å². The van der Waals surface area contributed by atoms with Crippen LogP contribution in [0, 0.1) is 29.1 Å². The molecule has 1 aliphatic carbocycles.